The lowest BCUT2D eigenvalue weighted by Crippen LogP contribution is -2.52. The van der Waals surface area contributed by atoms with Crippen molar-refractivity contribution in [2.45, 2.75) is 123 Å². The van der Waals surface area contributed by atoms with Crippen molar-refractivity contribution in [3.05, 3.63) is 42.4 Å². The molecule has 4 rings (SSSR count). The summed E-state index contributed by atoms with van der Waals surface area (Å²) in [6, 6.07) is 6.39. The zero-order valence-corrected chi connectivity index (χ0v) is 31.9. The molecule has 1 aromatic heterocycles. The van der Waals surface area contributed by atoms with E-state index in [1.807, 2.05) is 24.3 Å². The van der Waals surface area contributed by atoms with Gasteiger partial charge in [0.05, 0.1) is 25.3 Å². The molecule has 2 saturated heterocycles. The number of hydrogen-bond acceptors (Lipinski definition) is 11. The first-order valence-electron chi connectivity index (χ1n) is 17.7. The standard InChI is InChI=1S/C37H52F2N4O10/c1-34(2,3)51-31(45)42-17-15-25(37(38,39)21-42)14-16-41-30(44)50-29-26(18-23-10-12-24(13-11-23)27-19-40-22-48-27)43(32(46)52-35(4,5)6)20-28(29)49-33(47)53-36(7,8)9/h10-13,19,22,25-26,28-29H,14-18,20-21H2,1-9H3,(H,41,44)/t25-,26+,28-,29-/m0/s1. The van der Waals surface area contributed by atoms with Gasteiger partial charge in [0.15, 0.2) is 24.4 Å². The lowest BCUT2D eigenvalue weighted by atomic mass is 9.90. The van der Waals surface area contributed by atoms with Crippen molar-refractivity contribution in [1.82, 2.24) is 20.1 Å². The van der Waals surface area contributed by atoms with Crippen LogP contribution < -0.4 is 5.32 Å². The fourth-order valence-corrected chi connectivity index (χ4v) is 6.01. The molecule has 53 heavy (non-hydrogen) atoms. The Hall–Kier alpha value is -4.63. The van der Waals surface area contributed by atoms with Gasteiger partial charge in [0.25, 0.3) is 5.92 Å². The van der Waals surface area contributed by atoms with Gasteiger partial charge in [-0.15, -0.1) is 0 Å². The Bertz CT molecular complexity index is 1570. The molecule has 2 fully saturated rings. The molecule has 2 aliphatic rings. The van der Waals surface area contributed by atoms with E-state index in [1.54, 1.807) is 68.5 Å². The highest BCUT2D eigenvalue weighted by Gasteiger charge is 2.51. The van der Waals surface area contributed by atoms with Gasteiger partial charge >= 0.3 is 24.4 Å². The van der Waals surface area contributed by atoms with E-state index in [1.165, 1.54) is 11.3 Å². The van der Waals surface area contributed by atoms with Gasteiger partial charge in [0.2, 0.25) is 0 Å². The van der Waals surface area contributed by atoms with Crippen LogP contribution in [0.1, 0.15) is 80.7 Å². The minimum absolute atomic E-state index is 0.000452. The summed E-state index contributed by atoms with van der Waals surface area (Å²) in [4.78, 5) is 58.4. The number of likely N-dealkylation sites (tertiary alicyclic amines) is 2. The number of carbonyl (C=O) groups is 4. The topological polar surface area (TPSA) is 159 Å². The Morgan fingerprint density at radius 3 is 2.09 bits per heavy atom. The predicted molar refractivity (Wildman–Crippen MR) is 187 cm³/mol. The molecule has 4 atom stereocenters. The summed E-state index contributed by atoms with van der Waals surface area (Å²) < 4.78 is 63.5. The van der Waals surface area contributed by atoms with Crippen molar-refractivity contribution >= 4 is 24.4 Å². The number of hydrogen-bond donors (Lipinski definition) is 1. The summed E-state index contributed by atoms with van der Waals surface area (Å²) in [5.41, 5.74) is -1.08. The predicted octanol–water partition coefficient (Wildman–Crippen LogP) is 7.20. The summed E-state index contributed by atoms with van der Waals surface area (Å²) in [6.07, 6.45) is -2.93. The average molecular weight is 751 g/mol. The Morgan fingerprint density at radius 1 is 0.906 bits per heavy atom. The van der Waals surface area contributed by atoms with E-state index in [0.29, 0.717) is 5.76 Å². The molecule has 0 radical (unpaired) electrons. The van der Waals surface area contributed by atoms with Gasteiger partial charge in [-0.2, -0.15) is 0 Å². The fraction of sp³-hybridized carbons (Fsp3) is 0.649. The highest BCUT2D eigenvalue weighted by Crippen LogP contribution is 2.36. The summed E-state index contributed by atoms with van der Waals surface area (Å²) in [6.45, 7) is 14.0. The minimum Gasteiger partial charge on any atom is -0.444 e. The third-order valence-corrected chi connectivity index (χ3v) is 8.31. The molecule has 0 aliphatic carbocycles. The maximum absolute atomic E-state index is 15.1. The van der Waals surface area contributed by atoms with Crippen LogP contribution in [0.2, 0.25) is 0 Å². The maximum atomic E-state index is 15.1. The molecule has 0 unspecified atom stereocenters. The first-order chi connectivity index (χ1) is 24.5. The number of nitrogens with one attached hydrogen (secondary N) is 1. The number of oxazole rings is 1. The lowest BCUT2D eigenvalue weighted by molar-refractivity contribution is -0.112. The van der Waals surface area contributed by atoms with Crippen LogP contribution in [0, 0.1) is 5.92 Å². The first-order valence-corrected chi connectivity index (χ1v) is 17.7. The van der Waals surface area contributed by atoms with Crippen LogP contribution >= 0.6 is 0 Å². The Morgan fingerprint density at radius 2 is 1.53 bits per heavy atom. The molecular formula is C37H52F2N4O10. The molecule has 0 saturated carbocycles. The van der Waals surface area contributed by atoms with Gasteiger partial charge in [-0.3, -0.25) is 4.90 Å². The van der Waals surface area contributed by atoms with Crippen molar-refractivity contribution in [2.75, 3.05) is 26.2 Å². The number of nitrogens with zero attached hydrogens (tertiary/aromatic N) is 3. The monoisotopic (exact) mass is 750 g/mol. The Labute approximate surface area is 308 Å². The molecule has 3 amide bonds. The van der Waals surface area contributed by atoms with Crippen LogP contribution in [0.15, 0.2) is 41.3 Å². The van der Waals surface area contributed by atoms with E-state index in [0.717, 1.165) is 16.0 Å². The normalized spacial score (nSPS) is 21.8. The third-order valence-electron chi connectivity index (χ3n) is 8.31. The number of rotatable bonds is 8. The Kier molecular flexibility index (Phi) is 12.5. The van der Waals surface area contributed by atoms with Crippen LogP contribution in [0.25, 0.3) is 11.3 Å². The van der Waals surface area contributed by atoms with Crippen LogP contribution in [0.3, 0.4) is 0 Å². The van der Waals surface area contributed by atoms with Crippen LogP contribution in [-0.2, 0) is 30.1 Å². The molecule has 16 heteroatoms. The second kappa shape index (κ2) is 16.2. The number of halogens is 2. The average Bonchev–Trinajstić information content (AvgIpc) is 3.65. The number of amides is 3. The van der Waals surface area contributed by atoms with E-state index in [2.05, 4.69) is 10.3 Å². The smallest absolute Gasteiger partial charge is 0.444 e. The summed E-state index contributed by atoms with van der Waals surface area (Å²) >= 11 is 0. The van der Waals surface area contributed by atoms with E-state index in [9.17, 15) is 19.2 Å². The largest absolute Gasteiger partial charge is 0.509 e. The van der Waals surface area contributed by atoms with E-state index in [4.69, 9.17) is 28.1 Å². The fourth-order valence-electron chi connectivity index (χ4n) is 6.01. The third kappa shape index (κ3) is 12.2. The molecule has 294 valence electrons. The SMILES string of the molecule is CC(C)(C)OC(=O)O[C@H]1CN(C(=O)OC(C)(C)C)[C@H](Cc2ccc(-c3cnco3)cc2)[C@@H]1OC(=O)NCC[C@H]1CCN(C(=O)OC(C)(C)C)CC1(F)F. The van der Waals surface area contributed by atoms with Crippen LogP contribution in [0.4, 0.5) is 28.0 Å². The van der Waals surface area contributed by atoms with E-state index >= 15 is 8.78 Å². The Balaban J connectivity index is 1.50. The number of alkyl carbamates (subject to hydrolysis) is 1. The molecule has 2 aliphatic heterocycles. The number of benzene rings is 1. The molecule has 1 N–H and O–H groups in total. The zero-order valence-electron chi connectivity index (χ0n) is 31.9. The second-order valence-electron chi connectivity index (χ2n) is 16.3. The quantitative estimate of drug-likeness (QED) is 0.215. The van der Waals surface area contributed by atoms with Gasteiger partial charge in [-0.05, 0) is 87.1 Å². The van der Waals surface area contributed by atoms with Gasteiger partial charge < -0.3 is 38.3 Å². The minimum atomic E-state index is -3.22. The summed E-state index contributed by atoms with van der Waals surface area (Å²) in [5.74, 6) is -3.78. The van der Waals surface area contributed by atoms with Crippen molar-refractivity contribution in [1.29, 1.82) is 0 Å². The maximum Gasteiger partial charge on any atom is 0.509 e. The van der Waals surface area contributed by atoms with Crippen molar-refractivity contribution < 1.29 is 56.1 Å². The molecule has 14 nitrogen and oxygen atoms in total. The number of piperidine rings is 1. The number of carbonyl (C=O) groups excluding carboxylic acids is 4. The van der Waals surface area contributed by atoms with Gasteiger partial charge in [-0.25, -0.2) is 32.9 Å². The van der Waals surface area contributed by atoms with Crippen molar-refractivity contribution in [3.8, 4) is 11.3 Å². The molecule has 0 bridgehead atoms. The molecule has 2 aromatic rings. The highest BCUT2D eigenvalue weighted by molar-refractivity contribution is 5.71. The molecule has 1 aromatic carbocycles. The number of alkyl halides is 2. The van der Waals surface area contributed by atoms with Gasteiger partial charge in [0.1, 0.15) is 16.8 Å². The lowest BCUT2D eigenvalue weighted by Gasteiger charge is -2.38. The van der Waals surface area contributed by atoms with Crippen LogP contribution in [0.5, 0.6) is 0 Å². The number of ether oxygens (including phenoxy) is 5. The summed E-state index contributed by atoms with van der Waals surface area (Å²) in [7, 11) is 0. The van der Waals surface area contributed by atoms with Crippen LogP contribution in [-0.4, -0.2) is 106 Å². The first kappa shape index (κ1) is 41.1. The van der Waals surface area contributed by atoms with Crippen molar-refractivity contribution in [2.24, 2.45) is 5.92 Å². The highest BCUT2D eigenvalue weighted by atomic mass is 19.3. The van der Waals surface area contributed by atoms with E-state index < -0.39 is 77.9 Å². The molecule has 3 heterocycles. The zero-order chi connectivity index (χ0) is 39.4. The van der Waals surface area contributed by atoms with Gasteiger partial charge in [-0.1, -0.05) is 24.3 Å². The second-order valence-corrected chi connectivity index (χ2v) is 16.3. The summed E-state index contributed by atoms with van der Waals surface area (Å²) in [5, 5.41) is 2.54. The molecule has 0 spiro atoms. The van der Waals surface area contributed by atoms with Crippen molar-refractivity contribution in [3.63, 3.8) is 0 Å². The van der Waals surface area contributed by atoms with E-state index in [-0.39, 0.29) is 38.9 Å². The molecular weight excluding hydrogens is 698 g/mol. The number of aromatic nitrogens is 1. The van der Waals surface area contributed by atoms with Gasteiger partial charge in [0, 0.05) is 24.6 Å².